The fourth-order valence-corrected chi connectivity index (χ4v) is 2.71. The van der Waals surface area contributed by atoms with Crippen molar-refractivity contribution in [3.63, 3.8) is 0 Å². The maximum absolute atomic E-state index is 5.48. The Labute approximate surface area is 117 Å². The first-order chi connectivity index (χ1) is 9.29. The van der Waals surface area contributed by atoms with Gasteiger partial charge in [-0.3, -0.25) is 0 Å². The molecular weight excluding hydrogens is 234 g/mol. The zero-order valence-electron chi connectivity index (χ0n) is 12.3. The van der Waals surface area contributed by atoms with Crippen LogP contribution in [0.4, 0.5) is 0 Å². The Balaban J connectivity index is 1.56. The third-order valence-corrected chi connectivity index (χ3v) is 3.90. The molecule has 1 saturated carbocycles. The molecule has 19 heavy (non-hydrogen) atoms. The van der Waals surface area contributed by atoms with Gasteiger partial charge < -0.3 is 10.1 Å². The summed E-state index contributed by atoms with van der Waals surface area (Å²) in [5, 5.41) is 3.63. The van der Waals surface area contributed by atoms with Crippen molar-refractivity contribution in [1.29, 1.82) is 0 Å². The average molecular weight is 261 g/mol. The maximum Gasteiger partial charge on any atom is 0.0478 e. The zero-order chi connectivity index (χ0) is 13.5. The number of rotatable bonds is 8. The van der Waals surface area contributed by atoms with Crippen LogP contribution in [0.15, 0.2) is 24.3 Å². The van der Waals surface area contributed by atoms with Crippen LogP contribution in [-0.4, -0.2) is 25.8 Å². The van der Waals surface area contributed by atoms with Gasteiger partial charge in [0.25, 0.3) is 0 Å². The largest absolute Gasteiger partial charge is 0.381 e. The van der Waals surface area contributed by atoms with Crippen LogP contribution in [-0.2, 0) is 4.74 Å². The summed E-state index contributed by atoms with van der Waals surface area (Å²) in [5.41, 5.74) is 2.89. The van der Waals surface area contributed by atoms with Crippen molar-refractivity contribution in [2.24, 2.45) is 0 Å². The van der Waals surface area contributed by atoms with E-state index in [2.05, 4.69) is 43.4 Å². The van der Waals surface area contributed by atoms with E-state index < -0.39 is 0 Å². The van der Waals surface area contributed by atoms with Crippen LogP contribution in [0, 0.1) is 6.92 Å². The van der Waals surface area contributed by atoms with Crippen LogP contribution in [0.3, 0.4) is 0 Å². The number of nitrogens with one attached hydrogen (secondary N) is 1. The Bertz CT molecular complexity index is 371. The van der Waals surface area contributed by atoms with Crippen LogP contribution in [0.2, 0.25) is 0 Å². The fraction of sp³-hybridized carbons (Fsp3) is 0.647. The minimum absolute atomic E-state index is 0.719. The molecule has 0 aromatic heterocycles. The van der Waals surface area contributed by atoms with Gasteiger partial charge in [0, 0.05) is 19.3 Å². The lowest BCUT2D eigenvalue weighted by Crippen LogP contribution is -2.40. The number of ether oxygens (including phenoxy) is 1. The van der Waals surface area contributed by atoms with Gasteiger partial charge in [0.1, 0.15) is 0 Å². The summed E-state index contributed by atoms with van der Waals surface area (Å²) in [7, 11) is 0. The van der Waals surface area contributed by atoms with Crippen molar-refractivity contribution in [3.05, 3.63) is 35.4 Å². The number of hydrogen-bond acceptors (Lipinski definition) is 2. The van der Waals surface area contributed by atoms with Gasteiger partial charge in [-0.05, 0) is 50.6 Å². The lowest BCUT2D eigenvalue weighted by molar-refractivity contribution is 0.130. The molecule has 0 amide bonds. The second-order valence-corrected chi connectivity index (χ2v) is 5.70. The molecule has 1 N–H and O–H groups in total. The molecule has 2 nitrogen and oxygen atoms in total. The van der Waals surface area contributed by atoms with Crippen LogP contribution < -0.4 is 5.32 Å². The van der Waals surface area contributed by atoms with E-state index in [-0.39, 0.29) is 0 Å². The summed E-state index contributed by atoms with van der Waals surface area (Å²) in [4.78, 5) is 0. The standard InChI is InChI=1S/C17H27NO/c1-3-9-19-10-5-8-18-17-12-16(13-17)15-7-4-6-14(2)11-15/h4,6-7,11,16-18H,3,5,8-10,12-13H2,1-2H3. The SMILES string of the molecule is CCCOCCCNC1CC(c2cccc(C)c2)C1. The lowest BCUT2D eigenvalue weighted by atomic mass is 9.75. The molecule has 0 bridgehead atoms. The summed E-state index contributed by atoms with van der Waals surface area (Å²) in [6, 6.07) is 9.67. The molecule has 0 atom stereocenters. The molecular formula is C17H27NO. The number of aryl methyl sites for hydroxylation is 1. The molecule has 1 aliphatic carbocycles. The second-order valence-electron chi connectivity index (χ2n) is 5.70. The minimum Gasteiger partial charge on any atom is -0.381 e. The summed E-state index contributed by atoms with van der Waals surface area (Å²) in [5.74, 6) is 0.772. The highest BCUT2D eigenvalue weighted by Gasteiger charge is 2.29. The Morgan fingerprint density at radius 2 is 2.11 bits per heavy atom. The van der Waals surface area contributed by atoms with Crippen molar-refractivity contribution in [1.82, 2.24) is 5.32 Å². The van der Waals surface area contributed by atoms with Crippen molar-refractivity contribution in [2.75, 3.05) is 19.8 Å². The minimum atomic E-state index is 0.719. The van der Waals surface area contributed by atoms with Crippen molar-refractivity contribution >= 4 is 0 Å². The first kappa shape index (κ1) is 14.5. The van der Waals surface area contributed by atoms with Gasteiger partial charge in [0.05, 0.1) is 0 Å². The molecule has 1 aliphatic rings. The van der Waals surface area contributed by atoms with Crippen LogP contribution in [0.5, 0.6) is 0 Å². The Morgan fingerprint density at radius 3 is 2.84 bits per heavy atom. The van der Waals surface area contributed by atoms with E-state index >= 15 is 0 Å². The molecule has 0 heterocycles. The molecule has 0 aliphatic heterocycles. The van der Waals surface area contributed by atoms with Crippen LogP contribution in [0.1, 0.15) is 49.7 Å². The average Bonchev–Trinajstić information content (AvgIpc) is 2.35. The molecule has 0 spiro atoms. The molecule has 0 radical (unpaired) electrons. The summed E-state index contributed by atoms with van der Waals surface area (Å²) >= 11 is 0. The molecule has 106 valence electrons. The van der Waals surface area contributed by atoms with Crippen molar-refractivity contribution in [3.8, 4) is 0 Å². The quantitative estimate of drug-likeness (QED) is 0.721. The summed E-state index contributed by atoms with van der Waals surface area (Å²) in [6.45, 7) is 7.22. The van der Waals surface area contributed by atoms with E-state index in [1.807, 2.05) is 0 Å². The van der Waals surface area contributed by atoms with Gasteiger partial charge in [-0.25, -0.2) is 0 Å². The zero-order valence-corrected chi connectivity index (χ0v) is 12.3. The number of hydrogen-bond donors (Lipinski definition) is 1. The molecule has 1 aromatic carbocycles. The predicted octanol–water partition coefficient (Wildman–Crippen LogP) is 3.65. The smallest absolute Gasteiger partial charge is 0.0478 e. The lowest BCUT2D eigenvalue weighted by Gasteiger charge is -2.36. The normalized spacial score (nSPS) is 22.2. The van der Waals surface area contributed by atoms with E-state index in [4.69, 9.17) is 4.74 Å². The van der Waals surface area contributed by atoms with Crippen molar-refractivity contribution < 1.29 is 4.74 Å². The van der Waals surface area contributed by atoms with E-state index in [1.165, 1.54) is 24.0 Å². The Morgan fingerprint density at radius 1 is 1.26 bits per heavy atom. The maximum atomic E-state index is 5.48. The molecule has 1 aromatic rings. The van der Waals surface area contributed by atoms with E-state index in [0.717, 1.165) is 44.6 Å². The highest BCUT2D eigenvalue weighted by Crippen LogP contribution is 2.36. The highest BCUT2D eigenvalue weighted by molar-refractivity contribution is 5.27. The Kier molecular flexibility index (Phi) is 5.87. The molecule has 2 heteroatoms. The molecule has 2 rings (SSSR count). The topological polar surface area (TPSA) is 21.3 Å². The molecule has 0 unspecified atom stereocenters. The number of benzene rings is 1. The van der Waals surface area contributed by atoms with Crippen molar-refractivity contribution in [2.45, 2.75) is 51.5 Å². The summed E-state index contributed by atoms with van der Waals surface area (Å²) in [6.07, 6.45) is 4.83. The van der Waals surface area contributed by atoms with Crippen LogP contribution >= 0.6 is 0 Å². The third kappa shape index (κ3) is 4.63. The Hall–Kier alpha value is -0.860. The van der Waals surface area contributed by atoms with Gasteiger partial charge in [0.15, 0.2) is 0 Å². The first-order valence-electron chi connectivity index (χ1n) is 7.67. The monoisotopic (exact) mass is 261 g/mol. The van der Waals surface area contributed by atoms with Gasteiger partial charge in [-0.1, -0.05) is 36.8 Å². The van der Waals surface area contributed by atoms with E-state index in [0.29, 0.717) is 0 Å². The van der Waals surface area contributed by atoms with E-state index in [1.54, 1.807) is 0 Å². The summed E-state index contributed by atoms with van der Waals surface area (Å²) < 4.78 is 5.48. The highest BCUT2D eigenvalue weighted by atomic mass is 16.5. The van der Waals surface area contributed by atoms with Crippen LogP contribution in [0.25, 0.3) is 0 Å². The van der Waals surface area contributed by atoms with Gasteiger partial charge >= 0.3 is 0 Å². The van der Waals surface area contributed by atoms with Gasteiger partial charge in [-0.2, -0.15) is 0 Å². The fourth-order valence-electron chi connectivity index (χ4n) is 2.71. The molecule has 0 saturated heterocycles. The second kappa shape index (κ2) is 7.66. The van der Waals surface area contributed by atoms with E-state index in [9.17, 15) is 0 Å². The third-order valence-electron chi connectivity index (χ3n) is 3.90. The first-order valence-corrected chi connectivity index (χ1v) is 7.67. The predicted molar refractivity (Wildman–Crippen MR) is 80.7 cm³/mol. The van der Waals surface area contributed by atoms with Gasteiger partial charge in [-0.15, -0.1) is 0 Å². The van der Waals surface area contributed by atoms with Gasteiger partial charge in [0.2, 0.25) is 0 Å². The molecule has 1 fully saturated rings.